The molecule has 4 heteroatoms. The summed E-state index contributed by atoms with van der Waals surface area (Å²) in [7, 11) is 0. The second-order valence-corrected chi connectivity index (χ2v) is 7.55. The molecule has 28 heavy (non-hydrogen) atoms. The molecule has 0 amide bonds. The van der Waals surface area contributed by atoms with Crippen LogP contribution in [0.5, 0.6) is 5.75 Å². The third-order valence-corrected chi connectivity index (χ3v) is 5.62. The first-order valence-corrected chi connectivity index (χ1v) is 10.2. The van der Waals surface area contributed by atoms with E-state index in [1.54, 1.807) is 0 Å². The van der Waals surface area contributed by atoms with E-state index in [2.05, 4.69) is 70.7 Å². The fourth-order valence-electron chi connectivity index (χ4n) is 4.23. The molecular formula is C24H25N3O. The molecule has 0 saturated heterocycles. The third kappa shape index (κ3) is 2.80. The quantitative estimate of drug-likeness (QED) is 0.473. The van der Waals surface area contributed by atoms with Gasteiger partial charge in [-0.15, -0.1) is 5.10 Å². The van der Waals surface area contributed by atoms with Gasteiger partial charge in [-0.2, -0.15) is 0 Å². The first-order valence-electron chi connectivity index (χ1n) is 10.2. The zero-order valence-electron chi connectivity index (χ0n) is 16.5. The Balaban J connectivity index is 1.64. The highest BCUT2D eigenvalue weighted by Gasteiger charge is 2.22. The summed E-state index contributed by atoms with van der Waals surface area (Å²) in [4.78, 5) is 0. The van der Waals surface area contributed by atoms with Crippen LogP contribution in [0.2, 0.25) is 0 Å². The van der Waals surface area contributed by atoms with Crippen LogP contribution in [0.1, 0.15) is 30.9 Å². The van der Waals surface area contributed by atoms with E-state index in [0.29, 0.717) is 6.61 Å². The highest BCUT2D eigenvalue weighted by atomic mass is 16.5. The van der Waals surface area contributed by atoms with Gasteiger partial charge in [0.05, 0.1) is 6.61 Å². The number of hydrogen-bond acceptors (Lipinski definition) is 2. The molecule has 0 aliphatic carbocycles. The van der Waals surface area contributed by atoms with Crippen LogP contribution < -0.4 is 4.74 Å². The van der Waals surface area contributed by atoms with Crippen molar-refractivity contribution < 1.29 is 4.74 Å². The molecule has 0 radical (unpaired) electrons. The highest BCUT2D eigenvalue weighted by Crippen LogP contribution is 2.35. The third-order valence-electron chi connectivity index (χ3n) is 5.62. The summed E-state index contributed by atoms with van der Waals surface area (Å²) in [6.07, 6.45) is 5.68. The second-order valence-electron chi connectivity index (χ2n) is 7.55. The molecule has 2 aromatic carbocycles. The summed E-state index contributed by atoms with van der Waals surface area (Å²) in [6, 6.07) is 17.1. The predicted molar refractivity (Wildman–Crippen MR) is 113 cm³/mol. The Hall–Kier alpha value is -3.01. The summed E-state index contributed by atoms with van der Waals surface area (Å²) in [5.74, 6) is 1.99. The van der Waals surface area contributed by atoms with Crippen LogP contribution in [-0.2, 0) is 13.0 Å². The molecular weight excluding hydrogens is 346 g/mol. The fraction of sp³-hybridized carbons (Fsp3) is 0.292. The van der Waals surface area contributed by atoms with Crippen LogP contribution in [0.25, 0.3) is 28.2 Å². The monoisotopic (exact) mass is 371 g/mol. The lowest BCUT2D eigenvalue weighted by molar-refractivity contribution is 0.340. The number of hydrogen-bond donors (Lipinski definition) is 0. The first-order chi connectivity index (χ1) is 13.7. The summed E-state index contributed by atoms with van der Waals surface area (Å²) in [5, 5.41) is 4.97. The maximum atomic E-state index is 5.60. The minimum atomic E-state index is 0.691. The smallest absolute Gasteiger partial charge is 0.162 e. The molecule has 4 aromatic rings. The summed E-state index contributed by atoms with van der Waals surface area (Å²) < 4.78 is 10.1. The van der Waals surface area contributed by atoms with Crippen molar-refractivity contribution in [2.24, 2.45) is 0 Å². The van der Waals surface area contributed by atoms with Crippen LogP contribution in [-0.4, -0.2) is 20.8 Å². The van der Waals surface area contributed by atoms with Gasteiger partial charge in [-0.05, 0) is 50.8 Å². The van der Waals surface area contributed by atoms with Gasteiger partial charge in [-0.25, -0.2) is 4.52 Å². The van der Waals surface area contributed by atoms with Gasteiger partial charge in [-0.3, -0.25) is 0 Å². The van der Waals surface area contributed by atoms with Crippen LogP contribution in [0.4, 0.5) is 0 Å². The van der Waals surface area contributed by atoms with Gasteiger partial charge in [0, 0.05) is 29.4 Å². The molecule has 3 heterocycles. The van der Waals surface area contributed by atoms with Crippen molar-refractivity contribution in [3.63, 3.8) is 0 Å². The van der Waals surface area contributed by atoms with E-state index < -0.39 is 0 Å². The lowest BCUT2D eigenvalue weighted by atomic mass is 10.0. The SMILES string of the molecule is CCOc1ccc(-c2cn3nc(-c4ccc(C)cc4)n4c3c2CCCC4)cc1. The zero-order chi connectivity index (χ0) is 19.1. The van der Waals surface area contributed by atoms with Gasteiger partial charge in [0.2, 0.25) is 0 Å². The van der Waals surface area contributed by atoms with Gasteiger partial charge in [0.25, 0.3) is 0 Å². The Kier molecular flexibility index (Phi) is 4.19. The van der Waals surface area contributed by atoms with Crippen LogP contribution in [0.3, 0.4) is 0 Å². The molecule has 142 valence electrons. The summed E-state index contributed by atoms with van der Waals surface area (Å²) in [6.45, 7) is 5.85. The van der Waals surface area contributed by atoms with Crippen LogP contribution in [0.15, 0.2) is 54.7 Å². The number of benzene rings is 2. The van der Waals surface area contributed by atoms with E-state index in [9.17, 15) is 0 Å². The van der Waals surface area contributed by atoms with E-state index in [1.807, 2.05) is 6.92 Å². The molecule has 0 fully saturated rings. The van der Waals surface area contributed by atoms with Crippen LogP contribution >= 0.6 is 0 Å². The molecule has 2 aromatic heterocycles. The highest BCUT2D eigenvalue weighted by molar-refractivity contribution is 5.77. The van der Waals surface area contributed by atoms with Crippen LogP contribution in [0, 0.1) is 6.92 Å². The Labute approximate surface area is 165 Å². The van der Waals surface area contributed by atoms with Gasteiger partial charge < -0.3 is 9.30 Å². The zero-order valence-corrected chi connectivity index (χ0v) is 16.5. The molecule has 0 bridgehead atoms. The van der Waals surface area contributed by atoms with Crippen molar-refractivity contribution >= 4 is 5.65 Å². The van der Waals surface area contributed by atoms with E-state index in [-0.39, 0.29) is 0 Å². The summed E-state index contributed by atoms with van der Waals surface area (Å²) in [5.41, 5.74) is 7.64. The van der Waals surface area contributed by atoms with E-state index >= 15 is 0 Å². The number of aryl methyl sites for hydroxylation is 3. The minimum Gasteiger partial charge on any atom is -0.494 e. The maximum Gasteiger partial charge on any atom is 0.162 e. The van der Waals surface area contributed by atoms with Crippen molar-refractivity contribution in [2.45, 2.75) is 39.7 Å². The van der Waals surface area contributed by atoms with E-state index in [4.69, 9.17) is 9.84 Å². The maximum absolute atomic E-state index is 5.60. The van der Waals surface area contributed by atoms with Gasteiger partial charge in [0.15, 0.2) is 5.82 Å². The van der Waals surface area contributed by atoms with Crippen molar-refractivity contribution in [2.75, 3.05) is 6.61 Å². The van der Waals surface area contributed by atoms with Gasteiger partial charge >= 0.3 is 0 Å². The number of ether oxygens (including phenoxy) is 1. The molecule has 1 aliphatic heterocycles. The van der Waals surface area contributed by atoms with Gasteiger partial charge in [0.1, 0.15) is 11.4 Å². The Morgan fingerprint density at radius 1 is 0.964 bits per heavy atom. The average Bonchev–Trinajstić information content (AvgIpc) is 3.14. The molecule has 0 atom stereocenters. The molecule has 0 unspecified atom stereocenters. The van der Waals surface area contributed by atoms with Gasteiger partial charge in [-0.1, -0.05) is 42.0 Å². The fourth-order valence-corrected chi connectivity index (χ4v) is 4.23. The number of rotatable bonds is 4. The topological polar surface area (TPSA) is 31.5 Å². The van der Waals surface area contributed by atoms with Crippen molar-refractivity contribution in [3.05, 3.63) is 65.9 Å². The predicted octanol–water partition coefficient (Wildman–Crippen LogP) is 5.51. The lowest BCUT2D eigenvalue weighted by Crippen LogP contribution is -1.99. The molecule has 0 spiro atoms. The lowest BCUT2D eigenvalue weighted by Gasteiger charge is -2.07. The number of aromatic nitrogens is 3. The number of nitrogens with zero attached hydrogens (tertiary/aromatic N) is 3. The largest absolute Gasteiger partial charge is 0.494 e. The molecule has 0 saturated carbocycles. The summed E-state index contributed by atoms with van der Waals surface area (Å²) >= 11 is 0. The van der Waals surface area contributed by atoms with Crippen molar-refractivity contribution in [1.82, 2.24) is 14.2 Å². The van der Waals surface area contributed by atoms with E-state index in [1.165, 1.54) is 46.3 Å². The average molecular weight is 371 g/mol. The second kappa shape index (κ2) is 6.86. The minimum absolute atomic E-state index is 0.691. The molecule has 4 nitrogen and oxygen atoms in total. The molecule has 5 rings (SSSR count). The van der Waals surface area contributed by atoms with E-state index in [0.717, 1.165) is 24.5 Å². The Bertz CT molecular complexity index is 1120. The standard InChI is InChI=1S/C24H25N3O/c1-3-28-20-13-11-18(12-14-20)22-16-27-24-21(22)6-4-5-15-26(24)23(25-27)19-9-7-17(2)8-10-19/h7-14,16H,3-6,15H2,1-2H3. The normalized spacial score (nSPS) is 13.6. The van der Waals surface area contributed by atoms with Crippen molar-refractivity contribution in [3.8, 4) is 28.3 Å². The first kappa shape index (κ1) is 17.1. The molecule has 1 aliphatic rings. The van der Waals surface area contributed by atoms with Crippen molar-refractivity contribution in [1.29, 1.82) is 0 Å². The Morgan fingerprint density at radius 3 is 2.46 bits per heavy atom. The molecule has 0 N–H and O–H groups in total. The Morgan fingerprint density at radius 2 is 1.71 bits per heavy atom.